The minimum atomic E-state index is -0.880. The number of carbonyl (C=O) groups is 3. The Bertz CT molecular complexity index is 1340. The molecule has 0 saturated carbocycles. The predicted molar refractivity (Wildman–Crippen MR) is 140 cm³/mol. The van der Waals surface area contributed by atoms with Crippen LogP contribution in [0.5, 0.6) is 11.5 Å². The Balaban J connectivity index is 1.80. The summed E-state index contributed by atoms with van der Waals surface area (Å²) in [4.78, 5) is 41.0. The molecular formula is C28H27NO7S. The average Bonchev–Trinajstić information content (AvgIpc) is 3.53. The fourth-order valence-electron chi connectivity index (χ4n) is 4.04. The number of aliphatic hydroxyl groups is 1. The number of benzene rings is 2. The molecule has 4 rings (SSSR count). The van der Waals surface area contributed by atoms with Gasteiger partial charge in [-0.25, -0.2) is 4.79 Å². The van der Waals surface area contributed by atoms with Gasteiger partial charge in [-0.1, -0.05) is 19.9 Å². The lowest BCUT2D eigenvalue weighted by Gasteiger charge is -2.24. The number of nitrogens with zero attached hydrogens (tertiary/aromatic N) is 1. The van der Waals surface area contributed by atoms with Gasteiger partial charge in [0, 0.05) is 10.6 Å². The van der Waals surface area contributed by atoms with Crippen LogP contribution in [0, 0.1) is 5.92 Å². The van der Waals surface area contributed by atoms with Crippen LogP contribution in [0.3, 0.4) is 0 Å². The van der Waals surface area contributed by atoms with Crippen LogP contribution in [-0.2, 0) is 14.3 Å². The summed E-state index contributed by atoms with van der Waals surface area (Å²) in [7, 11) is 2.93. The number of esters is 1. The maximum absolute atomic E-state index is 13.3. The molecule has 0 aliphatic carbocycles. The van der Waals surface area contributed by atoms with E-state index in [9.17, 15) is 19.5 Å². The Hall–Kier alpha value is -4.11. The fourth-order valence-corrected chi connectivity index (χ4v) is 4.87. The van der Waals surface area contributed by atoms with Gasteiger partial charge >= 0.3 is 5.97 Å². The van der Waals surface area contributed by atoms with Gasteiger partial charge in [0.2, 0.25) is 0 Å². The van der Waals surface area contributed by atoms with E-state index in [1.54, 1.807) is 54.6 Å². The third-order valence-corrected chi connectivity index (χ3v) is 6.77. The van der Waals surface area contributed by atoms with Gasteiger partial charge in [0.05, 0.1) is 37.5 Å². The predicted octanol–water partition coefficient (Wildman–Crippen LogP) is 5.20. The number of thiophene rings is 1. The van der Waals surface area contributed by atoms with E-state index in [2.05, 4.69) is 0 Å². The Labute approximate surface area is 218 Å². The molecule has 1 aromatic heterocycles. The molecule has 1 aliphatic rings. The molecule has 37 heavy (non-hydrogen) atoms. The first-order chi connectivity index (χ1) is 17.8. The summed E-state index contributed by atoms with van der Waals surface area (Å²) in [5.41, 5.74) is 0.886. The van der Waals surface area contributed by atoms with Crippen molar-refractivity contribution in [1.29, 1.82) is 0 Å². The minimum Gasteiger partial charge on any atom is -0.507 e. The molecule has 9 heteroatoms. The van der Waals surface area contributed by atoms with Crippen molar-refractivity contribution in [2.45, 2.75) is 19.9 Å². The number of carbonyl (C=O) groups excluding carboxylic acids is 3. The number of amides is 1. The van der Waals surface area contributed by atoms with E-state index in [-0.39, 0.29) is 22.8 Å². The van der Waals surface area contributed by atoms with Gasteiger partial charge in [0.15, 0.2) is 0 Å². The quantitative estimate of drug-likeness (QED) is 0.188. The molecule has 0 radical (unpaired) electrons. The summed E-state index contributed by atoms with van der Waals surface area (Å²) < 4.78 is 15.9. The lowest BCUT2D eigenvalue weighted by atomic mass is 9.99. The zero-order valence-corrected chi connectivity index (χ0v) is 21.7. The molecule has 192 valence electrons. The van der Waals surface area contributed by atoms with Crippen LogP contribution >= 0.6 is 11.3 Å². The maximum atomic E-state index is 13.3. The van der Waals surface area contributed by atoms with Crippen LogP contribution in [0.2, 0.25) is 0 Å². The fraction of sp³-hybridized carbons (Fsp3) is 0.250. The molecule has 8 nitrogen and oxygen atoms in total. The molecular weight excluding hydrogens is 494 g/mol. The molecule has 1 unspecified atom stereocenters. The molecule has 0 bridgehead atoms. The highest BCUT2D eigenvalue weighted by atomic mass is 32.1. The second kappa shape index (κ2) is 10.9. The molecule has 3 aromatic rings. The SMILES string of the molecule is COc1ccc(OC)c(/C(O)=C2/C(=O)C(=O)N(c3ccc(C(=O)OCC(C)C)cc3)C2c2cccs2)c1. The van der Waals surface area contributed by atoms with Gasteiger partial charge in [0.25, 0.3) is 11.7 Å². The van der Waals surface area contributed by atoms with Crippen LogP contribution in [-0.4, -0.2) is 43.6 Å². The number of aliphatic hydroxyl groups excluding tert-OH is 1. The third kappa shape index (κ3) is 5.08. The summed E-state index contributed by atoms with van der Waals surface area (Å²) in [5, 5.41) is 13.2. The van der Waals surface area contributed by atoms with E-state index >= 15 is 0 Å². The summed E-state index contributed by atoms with van der Waals surface area (Å²) >= 11 is 1.35. The van der Waals surface area contributed by atoms with Gasteiger partial charge in [-0.3, -0.25) is 14.5 Å². The summed E-state index contributed by atoms with van der Waals surface area (Å²) in [6.07, 6.45) is 0. The third-order valence-electron chi connectivity index (χ3n) is 5.85. The largest absolute Gasteiger partial charge is 0.507 e. The molecule has 1 atom stereocenters. The molecule has 1 saturated heterocycles. The lowest BCUT2D eigenvalue weighted by molar-refractivity contribution is -0.132. The normalized spacial score (nSPS) is 16.8. The highest BCUT2D eigenvalue weighted by Gasteiger charge is 2.47. The summed E-state index contributed by atoms with van der Waals surface area (Å²) in [6.45, 7) is 4.18. The molecule has 1 amide bonds. The highest BCUT2D eigenvalue weighted by Crippen LogP contribution is 2.45. The van der Waals surface area contributed by atoms with E-state index in [0.717, 1.165) is 0 Å². The smallest absolute Gasteiger partial charge is 0.338 e. The Morgan fingerprint density at radius 2 is 1.78 bits per heavy atom. The summed E-state index contributed by atoms with van der Waals surface area (Å²) in [6, 6.07) is 13.8. The number of methoxy groups -OCH3 is 2. The maximum Gasteiger partial charge on any atom is 0.338 e. The standard InChI is InChI=1S/C28H27NO7S/c1-16(2)15-36-28(33)17-7-9-18(10-8-17)29-24(22-6-5-13-37-22)23(26(31)27(29)32)25(30)20-14-19(34-3)11-12-21(20)35-4/h5-14,16,24,30H,15H2,1-4H3/b25-23-. The first-order valence-corrected chi connectivity index (χ1v) is 12.5. The number of ether oxygens (including phenoxy) is 3. The van der Waals surface area contributed by atoms with E-state index < -0.39 is 23.7 Å². The van der Waals surface area contributed by atoms with Crippen LogP contribution in [0.4, 0.5) is 5.69 Å². The Kier molecular flexibility index (Phi) is 7.63. The van der Waals surface area contributed by atoms with Gasteiger partial charge in [-0.2, -0.15) is 0 Å². The van der Waals surface area contributed by atoms with Crippen LogP contribution < -0.4 is 14.4 Å². The highest BCUT2D eigenvalue weighted by molar-refractivity contribution is 7.10. The number of ketones is 1. The zero-order chi connectivity index (χ0) is 26.7. The Morgan fingerprint density at radius 1 is 1.05 bits per heavy atom. The van der Waals surface area contributed by atoms with E-state index in [1.807, 2.05) is 19.2 Å². The molecule has 1 N–H and O–H groups in total. The van der Waals surface area contributed by atoms with Crippen LogP contribution in [0.25, 0.3) is 5.76 Å². The van der Waals surface area contributed by atoms with Crippen molar-refractivity contribution in [1.82, 2.24) is 0 Å². The van der Waals surface area contributed by atoms with Gasteiger partial charge in [-0.15, -0.1) is 11.3 Å². The van der Waals surface area contributed by atoms with Crippen molar-refractivity contribution in [3.05, 3.63) is 81.6 Å². The second-order valence-electron chi connectivity index (χ2n) is 8.79. The molecule has 1 aliphatic heterocycles. The van der Waals surface area contributed by atoms with Crippen molar-refractivity contribution < 1.29 is 33.7 Å². The second-order valence-corrected chi connectivity index (χ2v) is 9.77. The number of Topliss-reactive ketones (excluding diaryl/α,β-unsaturated/α-hetero) is 1. The minimum absolute atomic E-state index is 0.0700. The number of rotatable bonds is 8. The van der Waals surface area contributed by atoms with E-state index in [4.69, 9.17) is 14.2 Å². The van der Waals surface area contributed by atoms with Crippen molar-refractivity contribution in [3.8, 4) is 11.5 Å². The van der Waals surface area contributed by atoms with Gasteiger partial charge in [-0.05, 0) is 59.8 Å². The molecule has 1 fully saturated rings. The average molecular weight is 522 g/mol. The van der Waals surface area contributed by atoms with E-state index in [0.29, 0.717) is 34.2 Å². The van der Waals surface area contributed by atoms with Crippen LogP contribution in [0.1, 0.15) is 40.7 Å². The molecule has 0 spiro atoms. The van der Waals surface area contributed by atoms with Gasteiger partial charge in [0.1, 0.15) is 23.3 Å². The zero-order valence-electron chi connectivity index (χ0n) is 20.9. The number of anilines is 1. The monoisotopic (exact) mass is 521 g/mol. The molecule has 2 heterocycles. The van der Waals surface area contributed by atoms with Gasteiger partial charge < -0.3 is 19.3 Å². The van der Waals surface area contributed by atoms with Crippen LogP contribution in [0.15, 0.2) is 65.6 Å². The van der Waals surface area contributed by atoms with Crippen molar-refractivity contribution in [3.63, 3.8) is 0 Å². The Morgan fingerprint density at radius 3 is 2.38 bits per heavy atom. The first-order valence-electron chi connectivity index (χ1n) is 11.6. The van der Waals surface area contributed by atoms with E-state index in [1.165, 1.54) is 30.5 Å². The first kappa shape index (κ1) is 26.0. The topological polar surface area (TPSA) is 102 Å². The molecule has 2 aromatic carbocycles. The summed E-state index contributed by atoms with van der Waals surface area (Å²) in [5.74, 6) is -1.50. The van der Waals surface area contributed by atoms with Crippen molar-refractivity contribution >= 4 is 40.4 Å². The van der Waals surface area contributed by atoms with Crippen molar-refractivity contribution in [2.75, 3.05) is 25.7 Å². The van der Waals surface area contributed by atoms with Crippen molar-refractivity contribution in [2.24, 2.45) is 5.92 Å². The number of hydrogen-bond donors (Lipinski definition) is 1. The number of hydrogen-bond acceptors (Lipinski definition) is 8. The lowest BCUT2D eigenvalue weighted by Crippen LogP contribution is -2.29.